The summed E-state index contributed by atoms with van der Waals surface area (Å²) in [5.41, 5.74) is 1.18. The zero-order valence-electron chi connectivity index (χ0n) is 19.7. The zero-order chi connectivity index (χ0) is 26.3. The summed E-state index contributed by atoms with van der Waals surface area (Å²) in [5, 5.41) is -0.119. The van der Waals surface area contributed by atoms with Crippen molar-refractivity contribution in [2.45, 2.75) is 23.1 Å². The first kappa shape index (κ1) is 25.6. The number of rotatable bonds is 7. The molecule has 0 unspecified atom stereocenters. The molecule has 1 aromatic heterocycles. The minimum atomic E-state index is -0.726. The van der Waals surface area contributed by atoms with E-state index in [2.05, 4.69) is 20.9 Å². The van der Waals surface area contributed by atoms with Gasteiger partial charge in [0, 0.05) is 15.3 Å². The van der Waals surface area contributed by atoms with Crippen LogP contribution in [-0.2, 0) is 19.1 Å². The number of fused-ring (bicyclic) bond motifs is 2. The number of methoxy groups -OCH3 is 1. The quantitative estimate of drug-likeness (QED) is 0.318. The molecule has 1 fully saturated rings. The van der Waals surface area contributed by atoms with Crippen LogP contribution in [0.3, 0.4) is 0 Å². The lowest BCUT2D eigenvalue weighted by molar-refractivity contribution is -0.145. The largest absolute Gasteiger partial charge is 0.493 e. The summed E-state index contributed by atoms with van der Waals surface area (Å²) < 4.78 is 16.8. The Morgan fingerprint density at radius 2 is 1.84 bits per heavy atom. The van der Waals surface area contributed by atoms with E-state index in [1.165, 1.54) is 23.8 Å². The number of carbonyl (C=O) groups is 3. The third-order valence-corrected chi connectivity index (χ3v) is 9.04. The van der Waals surface area contributed by atoms with Crippen LogP contribution in [-0.4, -0.2) is 48.3 Å². The Kier molecular flexibility index (Phi) is 7.15. The fourth-order valence-electron chi connectivity index (χ4n) is 4.56. The maximum Gasteiger partial charge on any atom is 0.344 e. The van der Waals surface area contributed by atoms with Crippen molar-refractivity contribution in [1.82, 2.24) is 4.98 Å². The van der Waals surface area contributed by atoms with Gasteiger partial charge in [-0.25, -0.2) is 9.69 Å². The number of halogens is 1. The second kappa shape index (κ2) is 10.3. The van der Waals surface area contributed by atoms with E-state index < -0.39 is 23.1 Å². The third-order valence-electron chi connectivity index (χ3n) is 6.11. The van der Waals surface area contributed by atoms with Crippen LogP contribution in [0.15, 0.2) is 56.8 Å². The van der Waals surface area contributed by atoms with Crippen molar-refractivity contribution in [3.8, 4) is 11.5 Å². The molecule has 37 heavy (non-hydrogen) atoms. The molecule has 0 spiro atoms. The zero-order valence-corrected chi connectivity index (χ0v) is 22.9. The second-order valence-corrected chi connectivity index (χ2v) is 11.3. The van der Waals surface area contributed by atoms with Gasteiger partial charge in [-0.05, 0) is 48.9 Å². The number of hydrogen-bond acceptors (Lipinski definition) is 9. The van der Waals surface area contributed by atoms with E-state index in [0.717, 1.165) is 15.8 Å². The van der Waals surface area contributed by atoms with Crippen LogP contribution in [0.4, 0.5) is 5.69 Å². The first-order chi connectivity index (χ1) is 17.8. The van der Waals surface area contributed by atoms with Crippen LogP contribution in [0.5, 0.6) is 11.5 Å². The van der Waals surface area contributed by atoms with Gasteiger partial charge in [-0.15, -0.1) is 0 Å². The number of ether oxygens (including phenoxy) is 3. The SMILES string of the molecule is CCOC(=O)COc1ccc([C@@H]2c3sc(=O)[nH]c3S[C@H]3C(=O)N(c4ccc(Br)cc4)C(=O)[C@@H]23)cc1OC. The predicted molar refractivity (Wildman–Crippen MR) is 142 cm³/mol. The van der Waals surface area contributed by atoms with Gasteiger partial charge in [0.1, 0.15) is 5.25 Å². The highest BCUT2D eigenvalue weighted by Gasteiger charge is 2.56. The van der Waals surface area contributed by atoms with E-state index in [4.69, 9.17) is 14.2 Å². The molecule has 2 aliphatic rings. The van der Waals surface area contributed by atoms with E-state index in [-0.39, 0.29) is 29.9 Å². The van der Waals surface area contributed by atoms with Crippen LogP contribution < -0.4 is 19.2 Å². The third kappa shape index (κ3) is 4.69. The number of imide groups is 1. The van der Waals surface area contributed by atoms with E-state index in [9.17, 15) is 19.2 Å². The summed E-state index contributed by atoms with van der Waals surface area (Å²) in [5.74, 6) is -1.78. The molecule has 1 saturated heterocycles. The van der Waals surface area contributed by atoms with Gasteiger partial charge in [-0.3, -0.25) is 14.4 Å². The average Bonchev–Trinajstić information content (AvgIpc) is 3.38. The maximum absolute atomic E-state index is 13.8. The van der Waals surface area contributed by atoms with Crippen LogP contribution in [0.25, 0.3) is 0 Å². The molecule has 1 N–H and O–H groups in total. The van der Waals surface area contributed by atoms with Gasteiger partial charge in [0.15, 0.2) is 18.1 Å². The first-order valence-corrected chi connectivity index (χ1v) is 13.8. The number of hydrogen-bond donors (Lipinski definition) is 1. The smallest absolute Gasteiger partial charge is 0.344 e. The topological polar surface area (TPSA) is 115 Å². The van der Waals surface area contributed by atoms with Crippen molar-refractivity contribution < 1.29 is 28.6 Å². The van der Waals surface area contributed by atoms with E-state index in [1.807, 2.05) is 0 Å². The molecule has 0 aliphatic carbocycles. The van der Waals surface area contributed by atoms with E-state index in [1.54, 1.807) is 49.4 Å². The molecule has 2 aliphatic heterocycles. The first-order valence-electron chi connectivity index (χ1n) is 11.3. The standard InChI is InChI=1S/C25H21BrN2O7S2/c1-3-34-17(29)11-35-15-9-4-12(10-16(15)33-2)18-19-21(36-22-20(18)37-25(32)27-22)24(31)28(23(19)30)14-7-5-13(26)6-8-14/h4-10,18-19,21H,3,11H2,1-2H3,(H,27,32)/t18-,19-,21+/m0/s1. The van der Waals surface area contributed by atoms with Crippen molar-refractivity contribution in [1.29, 1.82) is 0 Å². The number of esters is 1. The monoisotopic (exact) mass is 604 g/mol. The molecule has 3 aromatic rings. The van der Waals surface area contributed by atoms with Gasteiger partial charge in [-0.1, -0.05) is 45.1 Å². The summed E-state index contributed by atoms with van der Waals surface area (Å²) in [6.07, 6.45) is 0. The Morgan fingerprint density at radius 1 is 1.08 bits per heavy atom. The van der Waals surface area contributed by atoms with Crippen LogP contribution in [0, 0.1) is 5.92 Å². The van der Waals surface area contributed by atoms with Crippen molar-refractivity contribution >= 4 is 62.5 Å². The minimum Gasteiger partial charge on any atom is -0.493 e. The number of benzene rings is 2. The molecule has 5 rings (SSSR count). The lowest BCUT2D eigenvalue weighted by Gasteiger charge is -2.30. The van der Waals surface area contributed by atoms with Gasteiger partial charge < -0.3 is 19.2 Å². The molecule has 0 bridgehead atoms. The van der Waals surface area contributed by atoms with Crippen LogP contribution in [0.1, 0.15) is 23.3 Å². The number of amides is 2. The number of H-pyrrole nitrogens is 1. The van der Waals surface area contributed by atoms with Crippen molar-refractivity contribution in [2.75, 3.05) is 25.2 Å². The Labute approximate surface area is 228 Å². The Bertz CT molecular complexity index is 1440. The fraction of sp³-hybridized carbons (Fsp3) is 0.280. The molecule has 3 atom stereocenters. The molecular formula is C25H21BrN2O7S2. The van der Waals surface area contributed by atoms with E-state index >= 15 is 0 Å². The maximum atomic E-state index is 13.8. The highest BCUT2D eigenvalue weighted by Crippen LogP contribution is 2.53. The highest BCUT2D eigenvalue weighted by molar-refractivity contribution is 9.10. The normalized spacial score (nSPS) is 20.4. The summed E-state index contributed by atoms with van der Waals surface area (Å²) in [7, 11) is 1.47. The number of anilines is 1. The minimum absolute atomic E-state index is 0.242. The van der Waals surface area contributed by atoms with Crippen LogP contribution in [0.2, 0.25) is 0 Å². The van der Waals surface area contributed by atoms with Gasteiger partial charge >= 0.3 is 10.8 Å². The molecule has 2 aromatic carbocycles. The number of carbonyl (C=O) groups excluding carboxylic acids is 3. The fourth-order valence-corrected chi connectivity index (χ4v) is 7.34. The number of thioether (sulfide) groups is 1. The second-order valence-electron chi connectivity index (χ2n) is 8.24. The summed E-state index contributed by atoms with van der Waals surface area (Å²) >= 11 is 5.62. The average molecular weight is 605 g/mol. The molecule has 9 nitrogen and oxygen atoms in total. The predicted octanol–water partition coefficient (Wildman–Crippen LogP) is 3.95. The summed E-state index contributed by atoms with van der Waals surface area (Å²) in [4.78, 5) is 55.8. The lowest BCUT2D eigenvalue weighted by Crippen LogP contribution is -2.32. The van der Waals surface area contributed by atoms with Crippen molar-refractivity contribution in [2.24, 2.45) is 5.92 Å². The van der Waals surface area contributed by atoms with E-state index in [0.29, 0.717) is 32.7 Å². The Morgan fingerprint density at radius 3 is 2.54 bits per heavy atom. The van der Waals surface area contributed by atoms with Gasteiger partial charge in [0.05, 0.1) is 30.3 Å². The molecule has 2 amide bonds. The summed E-state index contributed by atoms with van der Waals surface area (Å²) in [6.45, 7) is 1.67. The van der Waals surface area contributed by atoms with Gasteiger partial charge in [-0.2, -0.15) is 0 Å². The highest BCUT2D eigenvalue weighted by atomic mass is 79.9. The molecule has 192 valence electrons. The molecule has 0 saturated carbocycles. The Balaban J connectivity index is 1.54. The van der Waals surface area contributed by atoms with Crippen molar-refractivity contribution in [3.05, 3.63) is 67.0 Å². The van der Waals surface area contributed by atoms with Gasteiger partial charge in [0.2, 0.25) is 11.8 Å². The van der Waals surface area contributed by atoms with Gasteiger partial charge in [0.25, 0.3) is 0 Å². The summed E-state index contributed by atoms with van der Waals surface area (Å²) in [6, 6.07) is 12.1. The molecular weight excluding hydrogens is 584 g/mol. The number of thiazole rings is 1. The molecule has 12 heteroatoms. The number of nitrogens with one attached hydrogen (secondary N) is 1. The number of aromatic nitrogens is 1. The Hall–Kier alpha value is -3.09. The number of aromatic amines is 1. The molecule has 3 heterocycles. The lowest BCUT2D eigenvalue weighted by atomic mass is 9.83. The van der Waals surface area contributed by atoms with Crippen molar-refractivity contribution in [3.63, 3.8) is 0 Å². The molecule has 0 radical (unpaired) electrons. The number of nitrogens with zero attached hydrogens (tertiary/aromatic N) is 1. The van der Waals surface area contributed by atoms with Crippen LogP contribution >= 0.6 is 39.0 Å².